The van der Waals surface area contributed by atoms with E-state index in [1.165, 1.54) is 12.8 Å². The van der Waals surface area contributed by atoms with Crippen LogP contribution >= 0.6 is 15.9 Å². The van der Waals surface area contributed by atoms with Gasteiger partial charge in [-0.2, -0.15) is 0 Å². The molecular formula is C16H22BrNO2. The Labute approximate surface area is 129 Å². The fraction of sp³-hybridized carbons (Fsp3) is 0.562. The van der Waals surface area contributed by atoms with Crippen LogP contribution in [0.3, 0.4) is 0 Å². The van der Waals surface area contributed by atoms with Gasteiger partial charge in [-0.15, -0.1) is 0 Å². The second kappa shape index (κ2) is 7.91. The third-order valence-corrected chi connectivity index (χ3v) is 4.53. The highest BCUT2D eigenvalue weighted by atomic mass is 79.9. The van der Waals surface area contributed by atoms with Crippen LogP contribution in [0.25, 0.3) is 0 Å². The van der Waals surface area contributed by atoms with Crippen molar-refractivity contribution in [2.24, 2.45) is 0 Å². The summed E-state index contributed by atoms with van der Waals surface area (Å²) in [5.41, 5.74) is 0.781. The monoisotopic (exact) mass is 339 g/mol. The number of Topliss-reactive ketones (excluding diaryl/α,β-unsaturated/α-hetero) is 1. The molecule has 1 atom stereocenters. The van der Waals surface area contributed by atoms with Crippen molar-refractivity contribution in [3.63, 3.8) is 0 Å². The zero-order valence-electron chi connectivity index (χ0n) is 11.7. The Bertz CT molecular complexity index is 431. The van der Waals surface area contributed by atoms with E-state index >= 15 is 0 Å². The summed E-state index contributed by atoms with van der Waals surface area (Å²) < 4.78 is 0.994. The molecule has 1 aliphatic heterocycles. The number of aliphatic hydroxyl groups is 1. The lowest BCUT2D eigenvalue weighted by Crippen LogP contribution is -2.41. The van der Waals surface area contributed by atoms with Crippen molar-refractivity contribution >= 4 is 21.7 Å². The molecule has 20 heavy (non-hydrogen) atoms. The SMILES string of the molecule is O=C(CCN1CCCCC1CCO)c1ccc(Br)cc1. The number of rotatable bonds is 6. The van der Waals surface area contributed by atoms with E-state index in [1.54, 1.807) is 0 Å². The number of hydrogen-bond donors (Lipinski definition) is 1. The van der Waals surface area contributed by atoms with Gasteiger partial charge in [-0.1, -0.05) is 34.5 Å². The summed E-state index contributed by atoms with van der Waals surface area (Å²) in [7, 11) is 0. The van der Waals surface area contributed by atoms with Crippen LogP contribution in [-0.4, -0.2) is 41.5 Å². The molecule has 1 aromatic rings. The Morgan fingerprint density at radius 2 is 2.05 bits per heavy atom. The fourth-order valence-electron chi connectivity index (χ4n) is 2.86. The first-order valence-electron chi connectivity index (χ1n) is 7.34. The van der Waals surface area contributed by atoms with Crippen molar-refractivity contribution in [1.29, 1.82) is 0 Å². The molecule has 1 fully saturated rings. The van der Waals surface area contributed by atoms with E-state index in [4.69, 9.17) is 5.11 Å². The smallest absolute Gasteiger partial charge is 0.164 e. The van der Waals surface area contributed by atoms with Crippen LogP contribution in [0.15, 0.2) is 28.7 Å². The quantitative estimate of drug-likeness (QED) is 0.808. The molecule has 0 aromatic heterocycles. The van der Waals surface area contributed by atoms with Crippen molar-refractivity contribution in [2.45, 2.75) is 38.1 Å². The van der Waals surface area contributed by atoms with Gasteiger partial charge < -0.3 is 5.11 Å². The van der Waals surface area contributed by atoms with Gasteiger partial charge >= 0.3 is 0 Å². The number of piperidine rings is 1. The Morgan fingerprint density at radius 1 is 1.30 bits per heavy atom. The van der Waals surface area contributed by atoms with E-state index in [0.717, 1.165) is 36.0 Å². The van der Waals surface area contributed by atoms with E-state index in [0.29, 0.717) is 12.5 Å². The maximum atomic E-state index is 12.2. The average Bonchev–Trinajstić information content (AvgIpc) is 2.47. The van der Waals surface area contributed by atoms with Crippen molar-refractivity contribution in [2.75, 3.05) is 19.7 Å². The topological polar surface area (TPSA) is 40.5 Å². The number of carbonyl (C=O) groups excluding carboxylic acids is 1. The molecule has 0 amide bonds. The predicted octanol–water partition coefficient (Wildman–Crippen LogP) is 3.26. The van der Waals surface area contributed by atoms with Crippen LogP contribution < -0.4 is 0 Å². The molecule has 0 aliphatic carbocycles. The molecule has 1 unspecified atom stereocenters. The Morgan fingerprint density at radius 3 is 2.75 bits per heavy atom. The Hall–Kier alpha value is -0.710. The molecule has 110 valence electrons. The number of carbonyl (C=O) groups is 1. The first-order chi connectivity index (χ1) is 9.70. The summed E-state index contributed by atoms with van der Waals surface area (Å²) in [5, 5.41) is 9.12. The molecule has 3 nitrogen and oxygen atoms in total. The zero-order chi connectivity index (χ0) is 14.4. The number of likely N-dealkylation sites (tertiary alicyclic amines) is 1. The van der Waals surface area contributed by atoms with Gasteiger partial charge in [0.05, 0.1) is 0 Å². The lowest BCUT2D eigenvalue weighted by molar-refractivity contribution is 0.0896. The maximum absolute atomic E-state index is 12.2. The minimum Gasteiger partial charge on any atom is -0.396 e. The Balaban J connectivity index is 1.86. The van der Waals surface area contributed by atoms with Crippen LogP contribution in [0.4, 0.5) is 0 Å². The number of halogens is 1. The van der Waals surface area contributed by atoms with Gasteiger partial charge in [-0.3, -0.25) is 9.69 Å². The lowest BCUT2D eigenvalue weighted by Gasteiger charge is -2.35. The van der Waals surface area contributed by atoms with E-state index in [1.807, 2.05) is 24.3 Å². The molecule has 0 radical (unpaired) electrons. The minimum absolute atomic E-state index is 0.200. The van der Waals surface area contributed by atoms with Crippen molar-refractivity contribution in [3.05, 3.63) is 34.3 Å². The summed E-state index contributed by atoms with van der Waals surface area (Å²) in [4.78, 5) is 14.5. The van der Waals surface area contributed by atoms with Crippen molar-refractivity contribution < 1.29 is 9.90 Å². The van der Waals surface area contributed by atoms with Gasteiger partial charge in [0.1, 0.15) is 0 Å². The Kier molecular flexibility index (Phi) is 6.20. The second-order valence-electron chi connectivity index (χ2n) is 5.38. The van der Waals surface area contributed by atoms with Crippen LogP contribution in [0, 0.1) is 0 Å². The second-order valence-corrected chi connectivity index (χ2v) is 6.29. The predicted molar refractivity (Wildman–Crippen MR) is 84.0 cm³/mol. The normalized spacial score (nSPS) is 20.0. The van der Waals surface area contributed by atoms with Gasteiger partial charge in [-0.05, 0) is 37.9 Å². The fourth-order valence-corrected chi connectivity index (χ4v) is 3.12. The summed E-state index contributed by atoms with van der Waals surface area (Å²) in [5.74, 6) is 0.200. The molecule has 1 N–H and O–H groups in total. The highest BCUT2D eigenvalue weighted by Gasteiger charge is 2.22. The number of benzene rings is 1. The van der Waals surface area contributed by atoms with Gasteiger partial charge in [-0.25, -0.2) is 0 Å². The van der Waals surface area contributed by atoms with Crippen molar-refractivity contribution in [1.82, 2.24) is 4.90 Å². The third kappa shape index (κ3) is 4.40. The molecule has 1 aromatic carbocycles. The molecule has 1 heterocycles. The van der Waals surface area contributed by atoms with E-state index in [2.05, 4.69) is 20.8 Å². The number of nitrogens with zero attached hydrogens (tertiary/aromatic N) is 1. The highest BCUT2D eigenvalue weighted by molar-refractivity contribution is 9.10. The van der Waals surface area contributed by atoms with Gasteiger partial charge in [0.25, 0.3) is 0 Å². The molecule has 0 saturated carbocycles. The summed E-state index contributed by atoms with van der Waals surface area (Å²) in [6.07, 6.45) is 4.97. The van der Waals surface area contributed by atoms with Crippen molar-refractivity contribution in [3.8, 4) is 0 Å². The van der Waals surface area contributed by atoms with Crippen LogP contribution in [0.2, 0.25) is 0 Å². The molecule has 0 bridgehead atoms. The standard InChI is InChI=1S/C16H22BrNO2/c17-14-6-4-13(5-7-14)16(20)8-11-18-10-2-1-3-15(18)9-12-19/h4-7,15,19H,1-3,8-12H2. The largest absolute Gasteiger partial charge is 0.396 e. The number of aliphatic hydroxyl groups excluding tert-OH is 1. The number of hydrogen-bond acceptors (Lipinski definition) is 3. The number of ketones is 1. The maximum Gasteiger partial charge on any atom is 0.164 e. The third-order valence-electron chi connectivity index (χ3n) is 4.00. The molecule has 0 spiro atoms. The first kappa shape index (κ1) is 15.7. The van der Waals surface area contributed by atoms with E-state index in [9.17, 15) is 4.79 Å². The summed E-state index contributed by atoms with van der Waals surface area (Å²) in [6, 6.07) is 8.00. The molecule has 2 rings (SSSR count). The molecule has 1 saturated heterocycles. The molecule has 4 heteroatoms. The van der Waals surface area contributed by atoms with E-state index in [-0.39, 0.29) is 12.4 Å². The molecule has 1 aliphatic rings. The highest BCUT2D eigenvalue weighted by Crippen LogP contribution is 2.20. The van der Waals surface area contributed by atoms with Gasteiger partial charge in [0.15, 0.2) is 5.78 Å². The van der Waals surface area contributed by atoms with Crippen LogP contribution in [0.5, 0.6) is 0 Å². The van der Waals surface area contributed by atoms with Gasteiger partial charge in [0, 0.05) is 35.7 Å². The zero-order valence-corrected chi connectivity index (χ0v) is 13.3. The minimum atomic E-state index is 0.200. The summed E-state index contributed by atoms with van der Waals surface area (Å²) >= 11 is 3.38. The molecular weight excluding hydrogens is 318 g/mol. The van der Waals surface area contributed by atoms with Crippen LogP contribution in [0.1, 0.15) is 42.5 Å². The van der Waals surface area contributed by atoms with E-state index < -0.39 is 0 Å². The first-order valence-corrected chi connectivity index (χ1v) is 8.13. The average molecular weight is 340 g/mol. The lowest BCUT2D eigenvalue weighted by atomic mass is 9.98. The summed E-state index contributed by atoms with van der Waals surface area (Å²) in [6.45, 7) is 2.10. The van der Waals surface area contributed by atoms with Crippen LogP contribution in [-0.2, 0) is 0 Å². The van der Waals surface area contributed by atoms with Gasteiger partial charge in [0.2, 0.25) is 0 Å².